The Bertz CT molecular complexity index is 808. The highest BCUT2D eigenvalue weighted by Gasteiger charge is 2.25. The molecule has 0 bridgehead atoms. The fourth-order valence-corrected chi connectivity index (χ4v) is 3.83. The third kappa shape index (κ3) is 5.22. The van der Waals surface area contributed by atoms with Gasteiger partial charge in [0.2, 0.25) is 5.75 Å². The van der Waals surface area contributed by atoms with Crippen molar-refractivity contribution in [2.75, 3.05) is 5.75 Å². The molecule has 0 heterocycles. The van der Waals surface area contributed by atoms with Crippen LogP contribution in [0, 0.1) is 6.92 Å². The van der Waals surface area contributed by atoms with Crippen molar-refractivity contribution in [3.8, 4) is 11.5 Å². The molecule has 0 aliphatic carbocycles. The van der Waals surface area contributed by atoms with E-state index in [2.05, 4.69) is 15.9 Å². The zero-order chi connectivity index (χ0) is 18.6. The molecule has 1 unspecified atom stereocenters. The standard InChI is InChI=1S/C17H15BrO6S/c1-10-13(18)5-6-14(17(10)25(23)9-16(21)22)24-12-4-2-3-11(7-12)8-15(19)20/h2-7H,8-9H2,1H3,(H,19,20)(H,21,22). The van der Waals surface area contributed by atoms with Crippen LogP contribution in [-0.4, -0.2) is 32.5 Å². The lowest BCUT2D eigenvalue weighted by Gasteiger charge is -2.16. The summed E-state index contributed by atoms with van der Waals surface area (Å²) in [7, 11) is 0. The second-order valence-corrected chi connectivity index (χ2v) is 7.45. The van der Waals surface area contributed by atoms with E-state index in [1.165, 1.54) is 0 Å². The number of rotatable bonds is 7. The molecule has 2 rings (SSSR count). The predicted octanol–water partition coefficient (Wildman–Crippen LogP) is 3.37. The smallest absolute Gasteiger partial charge is 0.354 e. The molecule has 6 nitrogen and oxygen atoms in total. The SMILES string of the molecule is Cc1c(Br)ccc(Oc2cccc(CC(=O)O)c2)c1[S+]([O-])CC(=O)O. The molecule has 0 aromatic heterocycles. The fraction of sp³-hybridized carbons (Fsp3) is 0.176. The summed E-state index contributed by atoms with van der Waals surface area (Å²) < 4.78 is 18.9. The molecule has 1 atom stereocenters. The third-order valence-electron chi connectivity index (χ3n) is 3.27. The zero-order valence-corrected chi connectivity index (χ0v) is 15.6. The van der Waals surface area contributed by atoms with Gasteiger partial charge in [-0.3, -0.25) is 4.79 Å². The second-order valence-electron chi connectivity index (χ2n) is 5.20. The van der Waals surface area contributed by atoms with Crippen LogP contribution in [0.5, 0.6) is 11.5 Å². The number of hydrogen-bond donors (Lipinski definition) is 2. The molecule has 2 aromatic carbocycles. The van der Waals surface area contributed by atoms with Crippen LogP contribution in [0.4, 0.5) is 0 Å². The third-order valence-corrected chi connectivity index (χ3v) is 5.60. The Kier molecular flexibility index (Phi) is 6.46. The van der Waals surface area contributed by atoms with Gasteiger partial charge in [-0.15, -0.1) is 0 Å². The first-order chi connectivity index (χ1) is 11.8. The van der Waals surface area contributed by atoms with Crippen molar-refractivity contribution in [2.24, 2.45) is 0 Å². The van der Waals surface area contributed by atoms with Gasteiger partial charge in [-0.1, -0.05) is 28.1 Å². The Morgan fingerprint density at radius 3 is 2.56 bits per heavy atom. The summed E-state index contributed by atoms with van der Waals surface area (Å²) in [5, 5.41) is 17.8. The molecule has 2 N–H and O–H groups in total. The van der Waals surface area contributed by atoms with E-state index >= 15 is 0 Å². The summed E-state index contributed by atoms with van der Waals surface area (Å²) in [6.07, 6.45) is -0.144. The largest absolute Gasteiger partial charge is 0.611 e. The molecule has 0 fully saturated rings. The summed E-state index contributed by atoms with van der Waals surface area (Å²) in [5.41, 5.74) is 1.19. The normalized spacial score (nSPS) is 11.8. The lowest BCUT2D eigenvalue weighted by molar-refractivity contribution is -0.136. The van der Waals surface area contributed by atoms with Gasteiger partial charge in [0.15, 0.2) is 10.6 Å². The molecule has 0 aliphatic rings. The van der Waals surface area contributed by atoms with Crippen LogP contribution in [0.2, 0.25) is 0 Å². The highest BCUT2D eigenvalue weighted by molar-refractivity contribution is 9.10. The highest BCUT2D eigenvalue weighted by atomic mass is 79.9. The number of benzene rings is 2. The first-order valence-corrected chi connectivity index (χ1v) is 9.27. The molecule has 25 heavy (non-hydrogen) atoms. The number of hydrogen-bond acceptors (Lipinski definition) is 4. The Morgan fingerprint density at radius 1 is 1.20 bits per heavy atom. The summed E-state index contributed by atoms with van der Waals surface area (Å²) in [6.45, 7) is 1.72. The molecule has 2 aromatic rings. The van der Waals surface area contributed by atoms with Gasteiger partial charge in [0.1, 0.15) is 5.75 Å². The van der Waals surface area contributed by atoms with Crippen LogP contribution < -0.4 is 4.74 Å². The van der Waals surface area contributed by atoms with Crippen LogP contribution in [0.15, 0.2) is 45.8 Å². The zero-order valence-electron chi connectivity index (χ0n) is 13.2. The van der Waals surface area contributed by atoms with Crippen molar-refractivity contribution in [2.45, 2.75) is 18.2 Å². The van der Waals surface area contributed by atoms with E-state index in [0.717, 1.165) is 0 Å². The van der Waals surface area contributed by atoms with Crippen LogP contribution in [-0.2, 0) is 27.2 Å². The average Bonchev–Trinajstić information content (AvgIpc) is 2.50. The topological polar surface area (TPSA) is 107 Å². The van der Waals surface area contributed by atoms with Crippen LogP contribution in [0.1, 0.15) is 11.1 Å². The fourth-order valence-electron chi connectivity index (χ4n) is 2.21. The summed E-state index contributed by atoms with van der Waals surface area (Å²) in [5.74, 6) is -2.01. The molecule has 0 amide bonds. The number of carboxylic acid groups (broad SMARTS) is 2. The predicted molar refractivity (Wildman–Crippen MR) is 95.6 cm³/mol. The van der Waals surface area contributed by atoms with Gasteiger partial charge >= 0.3 is 11.9 Å². The van der Waals surface area contributed by atoms with Crippen molar-refractivity contribution in [1.82, 2.24) is 0 Å². The Balaban J connectivity index is 2.38. The minimum absolute atomic E-state index is 0.144. The maximum atomic E-state index is 12.4. The van der Waals surface area contributed by atoms with E-state index < -0.39 is 28.9 Å². The number of ether oxygens (including phenoxy) is 1. The quantitative estimate of drug-likeness (QED) is 0.657. The molecular formula is C17H15BrO6S. The van der Waals surface area contributed by atoms with Crippen molar-refractivity contribution in [1.29, 1.82) is 0 Å². The van der Waals surface area contributed by atoms with Gasteiger partial charge in [0.05, 0.1) is 6.42 Å². The maximum absolute atomic E-state index is 12.4. The van der Waals surface area contributed by atoms with E-state index in [1.807, 2.05) is 0 Å². The van der Waals surface area contributed by atoms with Crippen LogP contribution >= 0.6 is 15.9 Å². The molecule has 0 radical (unpaired) electrons. The van der Waals surface area contributed by atoms with Crippen molar-refractivity contribution in [3.63, 3.8) is 0 Å². The van der Waals surface area contributed by atoms with E-state index in [1.54, 1.807) is 43.3 Å². The Hall–Kier alpha value is -2.03. The van der Waals surface area contributed by atoms with E-state index in [0.29, 0.717) is 26.2 Å². The Labute approximate surface area is 155 Å². The maximum Gasteiger partial charge on any atom is 0.354 e. The van der Waals surface area contributed by atoms with Crippen molar-refractivity contribution < 1.29 is 29.1 Å². The molecule has 132 valence electrons. The van der Waals surface area contributed by atoms with E-state index in [4.69, 9.17) is 14.9 Å². The number of carbonyl (C=O) groups is 2. The number of aliphatic carboxylic acids is 2. The number of halogens is 1. The monoisotopic (exact) mass is 426 g/mol. The molecule has 0 aliphatic heterocycles. The van der Waals surface area contributed by atoms with Crippen LogP contribution in [0.25, 0.3) is 0 Å². The number of carboxylic acids is 2. The molecule has 8 heteroatoms. The van der Waals surface area contributed by atoms with Gasteiger partial charge in [0.25, 0.3) is 0 Å². The first kappa shape index (κ1) is 19.3. The molecule has 0 spiro atoms. The van der Waals surface area contributed by atoms with Gasteiger partial charge in [-0.25, -0.2) is 4.79 Å². The van der Waals surface area contributed by atoms with E-state index in [-0.39, 0.29) is 12.2 Å². The summed E-state index contributed by atoms with van der Waals surface area (Å²) in [4.78, 5) is 22.0. The molecule has 0 saturated carbocycles. The molecule has 0 saturated heterocycles. The Morgan fingerprint density at radius 2 is 1.92 bits per heavy atom. The first-order valence-electron chi connectivity index (χ1n) is 7.15. The lowest BCUT2D eigenvalue weighted by atomic mass is 10.1. The average molecular weight is 427 g/mol. The minimum Gasteiger partial charge on any atom is -0.611 e. The summed E-state index contributed by atoms with van der Waals surface area (Å²) >= 11 is 1.55. The van der Waals surface area contributed by atoms with E-state index in [9.17, 15) is 14.1 Å². The van der Waals surface area contributed by atoms with Crippen molar-refractivity contribution in [3.05, 3.63) is 52.0 Å². The second kappa shape index (κ2) is 8.37. The lowest BCUT2D eigenvalue weighted by Crippen LogP contribution is -2.17. The van der Waals surface area contributed by atoms with Gasteiger partial charge in [-0.05, 0) is 36.8 Å². The van der Waals surface area contributed by atoms with Crippen molar-refractivity contribution >= 4 is 39.0 Å². The minimum atomic E-state index is -1.78. The highest BCUT2D eigenvalue weighted by Crippen LogP contribution is 2.36. The van der Waals surface area contributed by atoms with Gasteiger partial charge in [-0.2, -0.15) is 0 Å². The van der Waals surface area contributed by atoms with Crippen LogP contribution in [0.3, 0.4) is 0 Å². The van der Waals surface area contributed by atoms with Gasteiger partial charge < -0.3 is 19.5 Å². The molecular weight excluding hydrogens is 412 g/mol. The summed E-state index contributed by atoms with van der Waals surface area (Å²) in [6, 6.07) is 9.86. The van der Waals surface area contributed by atoms with Gasteiger partial charge in [0, 0.05) is 21.2 Å².